The Kier molecular flexibility index (Phi) is 7.54. The van der Waals surface area contributed by atoms with Gasteiger partial charge in [-0.2, -0.15) is 0 Å². The molecule has 2 aromatic heterocycles. The Balaban J connectivity index is 1.07. The molecule has 0 fully saturated rings. The van der Waals surface area contributed by atoms with Crippen molar-refractivity contribution in [2.24, 2.45) is 15.7 Å². The lowest BCUT2D eigenvalue weighted by atomic mass is 9.98. The zero-order valence-electron chi connectivity index (χ0n) is 31.1. The van der Waals surface area contributed by atoms with Gasteiger partial charge in [0.1, 0.15) is 28.2 Å². The Bertz CT molecular complexity index is 3460. The average Bonchev–Trinajstić information content (AvgIpc) is 3.85. The van der Waals surface area contributed by atoms with Gasteiger partial charge in [-0.05, 0) is 69.1 Å². The molecule has 2 N–H and O–H groups in total. The van der Waals surface area contributed by atoms with Crippen LogP contribution in [0.25, 0.3) is 87.3 Å². The predicted octanol–water partition coefficient (Wildman–Crippen LogP) is 13.5. The van der Waals surface area contributed by atoms with Crippen molar-refractivity contribution in [3.05, 3.63) is 193 Å². The van der Waals surface area contributed by atoms with Gasteiger partial charge in [-0.1, -0.05) is 152 Å². The van der Waals surface area contributed by atoms with Gasteiger partial charge in [0.15, 0.2) is 5.84 Å². The van der Waals surface area contributed by atoms with E-state index < -0.39 is 0 Å². The number of para-hydroxylation sites is 2. The molecule has 1 unspecified atom stereocenters. The first-order valence-electron chi connectivity index (χ1n) is 19.3. The van der Waals surface area contributed by atoms with E-state index in [9.17, 15) is 0 Å². The molecule has 270 valence electrons. The molecule has 5 heteroatoms. The molecule has 0 saturated carbocycles. The molecule has 0 spiro atoms. The lowest BCUT2D eigenvalue weighted by Crippen LogP contribution is -2.17. The van der Waals surface area contributed by atoms with E-state index in [1.165, 1.54) is 21.5 Å². The summed E-state index contributed by atoms with van der Waals surface area (Å²) in [7, 11) is 0. The smallest absolute Gasteiger partial charge is 0.157 e. The molecule has 11 aromatic rings. The van der Waals surface area contributed by atoms with Crippen LogP contribution in [0.2, 0.25) is 0 Å². The second-order valence-corrected chi connectivity index (χ2v) is 14.7. The fourth-order valence-corrected chi connectivity index (χ4v) is 8.45. The molecule has 0 bridgehead atoms. The number of furan rings is 2. The van der Waals surface area contributed by atoms with Gasteiger partial charge in [0.05, 0.1) is 6.04 Å². The lowest BCUT2D eigenvalue weighted by Gasteiger charge is -2.12. The van der Waals surface area contributed by atoms with Crippen molar-refractivity contribution in [1.82, 2.24) is 0 Å². The third-order valence-corrected chi connectivity index (χ3v) is 11.3. The van der Waals surface area contributed by atoms with E-state index in [1.54, 1.807) is 0 Å². The van der Waals surface area contributed by atoms with Crippen molar-refractivity contribution < 1.29 is 8.83 Å². The maximum absolute atomic E-state index is 7.08. The molecule has 11 rings (SSSR count). The van der Waals surface area contributed by atoms with Crippen LogP contribution in [0.3, 0.4) is 0 Å². The molecule has 0 radical (unpaired) electrons. The van der Waals surface area contributed by atoms with Crippen molar-refractivity contribution in [3.63, 3.8) is 0 Å². The molecule has 0 saturated heterocycles. The number of hydrogen-bond acceptors (Lipinski definition) is 3. The SMILES string of the molecule is CC(/N=C(\N=C(/N)c1cccc2oc3c(-c4cccc5c4oc4ccc6ccccc6c45)cccc3c12)c1ccc2ccccc2c1)c1ccc2ccccc2c1. The molecule has 5 nitrogen and oxygen atoms in total. The molecule has 9 aromatic carbocycles. The Labute approximate surface area is 328 Å². The highest BCUT2D eigenvalue weighted by molar-refractivity contribution is 6.24. The van der Waals surface area contributed by atoms with Crippen LogP contribution in [0.4, 0.5) is 0 Å². The third kappa shape index (κ3) is 5.47. The molecule has 0 aliphatic heterocycles. The summed E-state index contributed by atoms with van der Waals surface area (Å²) in [5.74, 6) is 0.922. The zero-order valence-corrected chi connectivity index (χ0v) is 31.1. The van der Waals surface area contributed by atoms with Crippen LogP contribution in [0, 0.1) is 0 Å². The molecular weight excluding hydrogens is 699 g/mol. The van der Waals surface area contributed by atoms with E-state index in [4.69, 9.17) is 24.6 Å². The van der Waals surface area contributed by atoms with Crippen molar-refractivity contribution in [1.29, 1.82) is 0 Å². The minimum Gasteiger partial charge on any atom is -0.455 e. The number of nitrogens with two attached hydrogens (primary N) is 1. The van der Waals surface area contributed by atoms with Crippen LogP contribution >= 0.6 is 0 Å². The molecular formula is C52H35N3O2. The van der Waals surface area contributed by atoms with E-state index in [2.05, 4.69) is 159 Å². The predicted molar refractivity (Wildman–Crippen MR) is 238 cm³/mol. The first kappa shape index (κ1) is 32.9. The van der Waals surface area contributed by atoms with Crippen molar-refractivity contribution >= 4 is 87.9 Å². The Morgan fingerprint density at radius 1 is 0.491 bits per heavy atom. The monoisotopic (exact) mass is 733 g/mol. The second-order valence-electron chi connectivity index (χ2n) is 14.7. The molecule has 0 aliphatic carbocycles. The summed E-state index contributed by atoms with van der Waals surface area (Å²) in [4.78, 5) is 10.4. The average molecular weight is 734 g/mol. The van der Waals surface area contributed by atoms with E-state index >= 15 is 0 Å². The van der Waals surface area contributed by atoms with Gasteiger partial charge in [0, 0.05) is 43.8 Å². The molecule has 2 heterocycles. The van der Waals surface area contributed by atoms with Crippen molar-refractivity contribution in [2.45, 2.75) is 13.0 Å². The van der Waals surface area contributed by atoms with Crippen molar-refractivity contribution in [2.75, 3.05) is 0 Å². The number of benzene rings is 9. The fraction of sp³-hybridized carbons (Fsp3) is 0.0385. The van der Waals surface area contributed by atoms with Gasteiger partial charge >= 0.3 is 0 Å². The summed E-state index contributed by atoms with van der Waals surface area (Å²) in [5.41, 5.74) is 14.9. The van der Waals surface area contributed by atoms with Gasteiger partial charge in [-0.15, -0.1) is 0 Å². The number of rotatable bonds is 5. The molecule has 0 aliphatic rings. The largest absolute Gasteiger partial charge is 0.455 e. The Hall–Kier alpha value is -7.50. The number of aliphatic imine (C=N–C) groups is 2. The number of nitrogens with zero attached hydrogens (tertiary/aromatic N) is 2. The summed E-state index contributed by atoms with van der Waals surface area (Å²) in [5, 5.41) is 11.0. The van der Waals surface area contributed by atoms with Gasteiger partial charge < -0.3 is 14.6 Å². The number of hydrogen-bond donors (Lipinski definition) is 1. The molecule has 1 atom stereocenters. The summed E-state index contributed by atoms with van der Waals surface area (Å²) >= 11 is 0. The van der Waals surface area contributed by atoms with Crippen LogP contribution in [-0.4, -0.2) is 11.7 Å². The Morgan fingerprint density at radius 3 is 1.79 bits per heavy atom. The quantitative estimate of drug-likeness (QED) is 0.141. The highest BCUT2D eigenvalue weighted by atomic mass is 16.3. The Morgan fingerprint density at radius 2 is 1.05 bits per heavy atom. The maximum Gasteiger partial charge on any atom is 0.157 e. The normalized spacial score (nSPS) is 13.2. The minimum atomic E-state index is -0.181. The number of fused-ring (bicyclic) bond motifs is 10. The summed E-state index contributed by atoms with van der Waals surface area (Å²) < 4.78 is 13.4. The van der Waals surface area contributed by atoms with Crippen molar-refractivity contribution in [3.8, 4) is 11.1 Å². The van der Waals surface area contributed by atoms with Crippen LogP contribution in [0.15, 0.2) is 195 Å². The van der Waals surface area contributed by atoms with Gasteiger partial charge in [-0.25, -0.2) is 4.99 Å². The second kappa shape index (κ2) is 13.1. The highest BCUT2D eigenvalue weighted by Gasteiger charge is 2.21. The van der Waals surface area contributed by atoms with Crippen LogP contribution in [-0.2, 0) is 0 Å². The zero-order chi connectivity index (χ0) is 38.0. The van der Waals surface area contributed by atoms with Crippen LogP contribution in [0.1, 0.15) is 29.7 Å². The van der Waals surface area contributed by atoms with Gasteiger partial charge in [0.25, 0.3) is 0 Å². The van der Waals surface area contributed by atoms with Crippen LogP contribution < -0.4 is 5.73 Å². The first-order chi connectivity index (χ1) is 28.1. The fourth-order valence-electron chi connectivity index (χ4n) is 8.45. The van der Waals surface area contributed by atoms with E-state index in [0.717, 1.165) is 82.5 Å². The summed E-state index contributed by atoms with van der Waals surface area (Å²) in [6.07, 6.45) is 0. The minimum absolute atomic E-state index is 0.181. The highest BCUT2D eigenvalue weighted by Crippen LogP contribution is 2.43. The van der Waals surface area contributed by atoms with E-state index in [1.807, 2.05) is 24.3 Å². The standard InChI is InChI=1S/C52H35N3O2/c1-31(35-25-23-32-11-2-4-14-36(32)29-35)54-52(38-26-24-33-12-3-5-15-37(33)30-38)55-51(53)44-21-10-22-45-48(44)43-20-9-18-41(50(43)56-45)40-17-8-19-42-47-39-16-7-6-13-34(39)27-28-46(47)57-49(40)42/h2-31H,1H3,(H2,53,54,55). The summed E-state index contributed by atoms with van der Waals surface area (Å²) in [6, 6.07) is 60.6. The molecule has 57 heavy (non-hydrogen) atoms. The topological polar surface area (TPSA) is 77.0 Å². The summed E-state index contributed by atoms with van der Waals surface area (Å²) in [6.45, 7) is 2.10. The van der Waals surface area contributed by atoms with E-state index in [-0.39, 0.29) is 6.04 Å². The molecule has 0 amide bonds. The van der Waals surface area contributed by atoms with Gasteiger partial charge in [-0.3, -0.25) is 4.99 Å². The van der Waals surface area contributed by atoms with E-state index in [0.29, 0.717) is 11.7 Å². The van der Waals surface area contributed by atoms with Gasteiger partial charge in [0.2, 0.25) is 0 Å². The lowest BCUT2D eigenvalue weighted by molar-refractivity contribution is 0.665. The number of amidine groups is 2. The van der Waals surface area contributed by atoms with Crippen LogP contribution in [0.5, 0.6) is 0 Å². The third-order valence-electron chi connectivity index (χ3n) is 11.3. The maximum atomic E-state index is 7.08. The first-order valence-corrected chi connectivity index (χ1v) is 19.3.